The van der Waals surface area contributed by atoms with Gasteiger partial charge in [-0.1, -0.05) is 12.1 Å². The Kier molecular flexibility index (Phi) is 6.46. The van der Waals surface area contributed by atoms with Crippen molar-refractivity contribution < 1.29 is 9.53 Å². The molecule has 1 aromatic carbocycles. The fourth-order valence-electron chi connectivity index (χ4n) is 4.72. The van der Waals surface area contributed by atoms with Crippen molar-refractivity contribution in [2.75, 3.05) is 5.32 Å². The maximum atomic E-state index is 13.3. The van der Waals surface area contributed by atoms with Crippen molar-refractivity contribution in [1.29, 1.82) is 0 Å². The molecule has 4 heterocycles. The number of aromatic nitrogens is 5. The molecule has 5 rings (SSSR count). The number of aryl methyl sites for hydroxylation is 3. The molecular formula is C30H32N6O3. The fraction of sp³-hybridized carbons (Fsp3) is 0.300. The number of nitrogens with zero attached hydrogens (tertiary/aromatic N) is 5. The number of benzene rings is 1. The molecule has 9 heteroatoms. The molecular weight excluding hydrogens is 492 g/mol. The predicted octanol–water partition coefficient (Wildman–Crippen LogP) is 5.39. The van der Waals surface area contributed by atoms with Crippen LogP contribution in [0.1, 0.15) is 60.9 Å². The second kappa shape index (κ2) is 9.65. The number of anilines is 1. The van der Waals surface area contributed by atoms with E-state index in [4.69, 9.17) is 9.72 Å². The Hall–Kier alpha value is -4.53. The Bertz CT molecular complexity index is 1800. The summed E-state index contributed by atoms with van der Waals surface area (Å²) in [6, 6.07) is 12.5. The van der Waals surface area contributed by atoms with Gasteiger partial charge in [-0.15, -0.1) is 0 Å². The maximum Gasteiger partial charge on any atom is 0.340 e. The van der Waals surface area contributed by atoms with Crippen LogP contribution in [0.15, 0.2) is 59.7 Å². The van der Waals surface area contributed by atoms with E-state index >= 15 is 0 Å². The van der Waals surface area contributed by atoms with Crippen LogP contribution >= 0.6 is 0 Å². The van der Waals surface area contributed by atoms with Gasteiger partial charge in [-0.25, -0.2) is 14.8 Å². The van der Waals surface area contributed by atoms with E-state index < -0.39 is 11.6 Å². The Morgan fingerprint density at radius 1 is 1.08 bits per heavy atom. The van der Waals surface area contributed by atoms with Gasteiger partial charge in [0.05, 0.1) is 23.0 Å². The number of carbonyl (C=O) groups excluding carboxylic acids is 1. The third-order valence-electron chi connectivity index (χ3n) is 6.47. The molecule has 0 aliphatic carbocycles. The zero-order valence-corrected chi connectivity index (χ0v) is 23.2. The van der Waals surface area contributed by atoms with Gasteiger partial charge < -0.3 is 10.1 Å². The third-order valence-corrected chi connectivity index (χ3v) is 6.47. The van der Waals surface area contributed by atoms with E-state index in [9.17, 15) is 9.59 Å². The number of esters is 1. The van der Waals surface area contributed by atoms with Crippen LogP contribution in [0.2, 0.25) is 0 Å². The van der Waals surface area contributed by atoms with Gasteiger partial charge in [-0.05, 0) is 71.4 Å². The second-order valence-corrected chi connectivity index (χ2v) is 10.9. The van der Waals surface area contributed by atoms with E-state index in [1.54, 1.807) is 33.6 Å². The molecule has 0 saturated carbocycles. The molecule has 0 bridgehead atoms. The fourth-order valence-corrected chi connectivity index (χ4v) is 4.72. The standard InChI is InChI=1S/C30H32N6O3/c1-17-12-22(18(2)32-24-11-9-8-10-21(24)29(38)39-30(4,5)6)28-33-25(14-26(37)36(28)16-17)20-13-23-19(3)34-35(7)27(23)31-15-20/h8-16,18,32H,1-7H3/t18-/m0/s1. The summed E-state index contributed by atoms with van der Waals surface area (Å²) in [4.78, 5) is 35.7. The van der Waals surface area contributed by atoms with Crippen LogP contribution in [-0.2, 0) is 11.8 Å². The SMILES string of the molecule is Cc1cc([C@H](C)Nc2ccccc2C(=O)OC(C)(C)C)c2nc(-c3cnc4c(c3)c(C)nn4C)cc(=O)n2c1. The van der Waals surface area contributed by atoms with Crippen molar-refractivity contribution in [2.45, 2.75) is 53.2 Å². The quantitative estimate of drug-likeness (QED) is 0.308. The molecule has 0 aliphatic rings. The average molecular weight is 525 g/mol. The van der Waals surface area contributed by atoms with Gasteiger partial charge in [0.15, 0.2) is 5.65 Å². The number of ether oxygens (including phenoxy) is 1. The van der Waals surface area contributed by atoms with Crippen LogP contribution in [-0.4, -0.2) is 35.7 Å². The highest BCUT2D eigenvalue weighted by Crippen LogP contribution is 2.28. The summed E-state index contributed by atoms with van der Waals surface area (Å²) in [5, 5.41) is 8.80. The van der Waals surface area contributed by atoms with Crippen LogP contribution in [0, 0.1) is 13.8 Å². The normalized spacial score (nSPS) is 12.6. The van der Waals surface area contributed by atoms with E-state index in [1.807, 2.05) is 72.9 Å². The van der Waals surface area contributed by atoms with Crippen LogP contribution in [0.25, 0.3) is 27.9 Å². The number of rotatable bonds is 5. The number of para-hydroxylation sites is 1. The molecule has 0 unspecified atom stereocenters. The van der Waals surface area contributed by atoms with Crippen molar-refractivity contribution in [1.82, 2.24) is 24.1 Å². The highest BCUT2D eigenvalue weighted by atomic mass is 16.6. The number of carbonyl (C=O) groups is 1. The smallest absolute Gasteiger partial charge is 0.340 e. The van der Waals surface area contributed by atoms with E-state index in [1.165, 1.54) is 6.07 Å². The zero-order chi connectivity index (χ0) is 28.1. The maximum absolute atomic E-state index is 13.3. The van der Waals surface area contributed by atoms with Crippen molar-refractivity contribution in [3.05, 3.63) is 87.6 Å². The van der Waals surface area contributed by atoms with E-state index in [0.717, 1.165) is 33.4 Å². The van der Waals surface area contributed by atoms with Gasteiger partial charge in [0.25, 0.3) is 5.56 Å². The van der Waals surface area contributed by atoms with Crippen molar-refractivity contribution in [3.63, 3.8) is 0 Å². The molecule has 5 aromatic rings. The molecule has 200 valence electrons. The van der Waals surface area contributed by atoms with Crippen LogP contribution in [0.5, 0.6) is 0 Å². The van der Waals surface area contributed by atoms with E-state index in [-0.39, 0.29) is 11.6 Å². The third kappa shape index (κ3) is 5.12. The molecule has 0 fully saturated rings. The highest BCUT2D eigenvalue weighted by molar-refractivity contribution is 5.96. The first-order chi connectivity index (χ1) is 18.4. The molecule has 0 radical (unpaired) electrons. The van der Waals surface area contributed by atoms with Crippen molar-refractivity contribution in [3.8, 4) is 11.3 Å². The highest BCUT2D eigenvalue weighted by Gasteiger charge is 2.22. The summed E-state index contributed by atoms with van der Waals surface area (Å²) in [6.45, 7) is 11.4. The van der Waals surface area contributed by atoms with E-state index in [0.29, 0.717) is 22.6 Å². The number of fused-ring (bicyclic) bond motifs is 2. The van der Waals surface area contributed by atoms with Crippen LogP contribution < -0.4 is 10.9 Å². The van der Waals surface area contributed by atoms with Crippen molar-refractivity contribution >= 4 is 28.3 Å². The average Bonchev–Trinajstić information content (AvgIpc) is 3.15. The summed E-state index contributed by atoms with van der Waals surface area (Å²) in [7, 11) is 1.85. The summed E-state index contributed by atoms with van der Waals surface area (Å²) >= 11 is 0. The van der Waals surface area contributed by atoms with Gasteiger partial charge in [-0.3, -0.25) is 13.9 Å². The number of hydrogen-bond acceptors (Lipinski definition) is 7. The Labute approximate surface area is 226 Å². The first-order valence-electron chi connectivity index (χ1n) is 12.8. The minimum atomic E-state index is -0.615. The van der Waals surface area contributed by atoms with Gasteiger partial charge in [-0.2, -0.15) is 5.10 Å². The molecule has 0 aliphatic heterocycles. The predicted molar refractivity (Wildman–Crippen MR) is 152 cm³/mol. The number of nitrogens with one attached hydrogen (secondary N) is 1. The first-order valence-corrected chi connectivity index (χ1v) is 12.8. The van der Waals surface area contributed by atoms with Gasteiger partial charge >= 0.3 is 5.97 Å². The molecule has 9 nitrogen and oxygen atoms in total. The summed E-state index contributed by atoms with van der Waals surface area (Å²) < 4.78 is 8.91. The summed E-state index contributed by atoms with van der Waals surface area (Å²) in [6.07, 6.45) is 3.50. The van der Waals surface area contributed by atoms with Crippen molar-refractivity contribution in [2.24, 2.45) is 7.05 Å². The molecule has 1 atom stereocenters. The minimum absolute atomic E-state index is 0.190. The van der Waals surface area contributed by atoms with Crippen LogP contribution in [0.3, 0.4) is 0 Å². The summed E-state index contributed by atoms with van der Waals surface area (Å²) in [5.74, 6) is -0.405. The second-order valence-electron chi connectivity index (χ2n) is 10.9. The van der Waals surface area contributed by atoms with Gasteiger partial charge in [0.2, 0.25) is 0 Å². The lowest BCUT2D eigenvalue weighted by Gasteiger charge is -2.23. The molecule has 0 amide bonds. The van der Waals surface area contributed by atoms with Crippen LogP contribution in [0.4, 0.5) is 5.69 Å². The van der Waals surface area contributed by atoms with E-state index in [2.05, 4.69) is 15.4 Å². The topological polar surface area (TPSA) is 103 Å². The largest absolute Gasteiger partial charge is 0.456 e. The lowest BCUT2D eigenvalue weighted by molar-refractivity contribution is 0.00706. The number of pyridine rings is 2. The Morgan fingerprint density at radius 3 is 2.56 bits per heavy atom. The minimum Gasteiger partial charge on any atom is -0.456 e. The molecule has 0 spiro atoms. The molecule has 4 aromatic heterocycles. The zero-order valence-electron chi connectivity index (χ0n) is 23.2. The molecule has 39 heavy (non-hydrogen) atoms. The molecule has 1 N–H and O–H groups in total. The lowest BCUT2D eigenvalue weighted by atomic mass is 10.1. The summed E-state index contributed by atoms with van der Waals surface area (Å²) in [5.41, 5.74) is 5.43. The number of hydrogen-bond donors (Lipinski definition) is 1. The van der Waals surface area contributed by atoms with Gasteiger partial charge in [0.1, 0.15) is 11.2 Å². The molecule has 0 saturated heterocycles. The first kappa shape index (κ1) is 26.1. The Morgan fingerprint density at radius 2 is 1.82 bits per heavy atom. The lowest BCUT2D eigenvalue weighted by Crippen LogP contribution is -2.25. The van der Waals surface area contributed by atoms with Gasteiger partial charge in [0, 0.05) is 47.7 Å². The monoisotopic (exact) mass is 524 g/mol. The Balaban J connectivity index is 1.58.